The molecule has 2 N–H and O–H groups in total. The van der Waals surface area contributed by atoms with Crippen molar-refractivity contribution < 1.29 is 14.8 Å². The Kier molecular flexibility index (Phi) is 7.27. The number of nitrogens with zero attached hydrogens (tertiary/aromatic N) is 1. The van der Waals surface area contributed by atoms with Gasteiger partial charge in [-0.1, -0.05) is 25.4 Å². The molecule has 0 aliphatic carbocycles. The minimum atomic E-state index is -0.593. The van der Waals surface area contributed by atoms with E-state index in [0.717, 1.165) is 6.42 Å². The average Bonchev–Trinajstić information content (AvgIpc) is 2.43. The van der Waals surface area contributed by atoms with Crippen LogP contribution in [-0.2, 0) is 0 Å². The molecule has 122 valence electrons. The van der Waals surface area contributed by atoms with E-state index in [1.54, 1.807) is 0 Å². The zero-order valence-corrected chi connectivity index (χ0v) is 13.5. The Morgan fingerprint density at radius 2 is 2.14 bits per heavy atom. The summed E-state index contributed by atoms with van der Waals surface area (Å²) in [6, 6.07) is 3.89. The Labute approximate surface area is 134 Å². The molecule has 1 rings (SSSR count). The van der Waals surface area contributed by atoms with Crippen LogP contribution in [0.5, 0.6) is 0 Å². The van der Waals surface area contributed by atoms with Gasteiger partial charge in [-0.15, -0.1) is 0 Å². The summed E-state index contributed by atoms with van der Waals surface area (Å²) < 4.78 is 0. The fraction of sp³-hybridized carbons (Fsp3) is 0.533. The molecule has 0 aromatic heterocycles. The molecule has 0 heterocycles. The lowest BCUT2D eigenvalue weighted by atomic mass is 9.94. The van der Waals surface area contributed by atoms with Crippen molar-refractivity contribution in [3.63, 3.8) is 0 Å². The van der Waals surface area contributed by atoms with Gasteiger partial charge in [-0.25, -0.2) is 0 Å². The van der Waals surface area contributed by atoms with Gasteiger partial charge in [0.1, 0.15) is 5.02 Å². The highest BCUT2D eigenvalue weighted by atomic mass is 35.5. The van der Waals surface area contributed by atoms with Crippen LogP contribution < -0.4 is 5.32 Å². The number of amides is 1. The second-order valence-electron chi connectivity index (χ2n) is 5.64. The summed E-state index contributed by atoms with van der Waals surface area (Å²) in [4.78, 5) is 22.2. The maximum Gasteiger partial charge on any atom is 0.287 e. The van der Waals surface area contributed by atoms with Crippen molar-refractivity contribution in [3.8, 4) is 0 Å². The van der Waals surface area contributed by atoms with Gasteiger partial charge in [0.05, 0.1) is 4.92 Å². The molecular formula is C15H21ClN2O4. The smallest absolute Gasteiger partial charge is 0.287 e. The number of nitro groups is 1. The monoisotopic (exact) mass is 328 g/mol. The van der Waals surface area contributed by atoms with E-state index in [0.29, 0.717) is 18.9 Å². The Morgan fingerprint density at radius 3 is 2.64 bits per heavy atom. The quantitative estimate of drug-likeness (QED) is 0.566. The van der Waals surface area contributed by atoms with Crippen molar-refractivity contribution >= 4 is 23.2 Å². The molecule has 0 saturated carbocycles. The summed E-state index contributed by atoms with van der Waals surface area (Å²) in [6.07, 6.45) is 1.53. The average molecular weight is 329 g/mol. The molecule has 7 heteroatoms. The van der Waals surface area contributed by atoms with Gasteiger partial charge in [-0.2, -0.15) is 0 Å². The number of aliphatic hydroxyl groups is 1. The molecule has 0 aliphatic heterocycles. The minimum Gasteiger partial charge on any atom is -0.396 e. The van der Waals surface area contributed by atoms with Crippen molar-refractivity contribution in [1.82, 2.24) is 5.32 Å². The van der Waals surface area contributed by atoms with Crippen molar-refractivity contribution in [2.24, 2.45) is 11.8 Å². The van der Waals surface area contributed by atoms with Gasteiger partial charge in [0.15, 0.2) is 0 Å². The number of benzene rings is 1. The van der Waals surface area contributed by atoms with E-state index in [1.807, 2.05) is 0 Å². The molecule has 0 bridgehead atoms. The molecule has 0 radical (unpaired) electrons. The summed E-state index contributed by atoms with van der Waals surface area (Å²) in [5.74, 6) is 0.341. The first-order valence-corrected chi connectivity index (χ1v) is 7.56. The minimum absolute atomic E-state index is 0.0632. The molecule has 1 unspecified atom stereocenters. The SMILES string of the molecule is CC(C)CC(CCO)CNC(=O)c1ccc([N+](=O)[O-])c(Cl)c1. The van der Waals surface area contributed by atoms with Crippen molar-refractivity contribution in [3.05, 3.63) is 38.9 Å². The predicted molar refractivity (Wildman–Crippen MR) is 85.1 cm³/mol. The lowest BCUT2D eigenvalue weighted by molar-refractivity contribution is -0.384. The first-order chi connectivity index (χ1) is 10.3. The van der Waals surface area contributed by atoms with Gasteiger partial charge in [-0.05, 0) is 36.8 Å². The Morgan fingerprint density at radius 1 is 1.45 bits per heavy atom. The van der Waals surface area contributed by atoms with Crippen LogP contribution in [0.3, 0.4) is 0 Å². The van der Waals surface area contributed by atoms with E-state index in [-0.39, 0.29) is 34.7 Å². The van der Waals surface area contributed by atoms with Gasteiger partial charge >= 0.3 is 0 Å². The van der Waals surface area contributed by atoms with Gasteiger partial charge in [0.25, 0.3) is 11.6 Å². The third kappa shape index (κ3) is 5.61. The maximum absolute atomic E-state index is 12.1. The standard InChI is InChI=1S/C15H21ClN2O4/c1-10(2)7-11(5-6-19)9-17-15(20)12-3-4-14(18(21)22)13(16)8-12/h3-4,8,10-11,19H,5-7,9H2,1-2H3,(H,17,20). The summed E-state index contributed by atoms with van der Waals surface area (Å²) in [5, 5.41) is 22.5. The number of nitrogens with one attached hydrogen (secondary N) is 1. The van der Waals surface area contributed by atoms with Gasteiger partial charge in [0, 0.05) is 24.8 Å². The third-order valence-corrected chi connectivity index (χ3v) is 3.60. The van der Waals surface area contributed by atoms with Crippen LogP contribution >= 0.6 is 11.6 Å². The van der Waals surface area contributed by atoms with Crippen LogP contribution in [0.15, 0.2) is 18.2 Å². The Balaban J connectivity index is 2.68. The van der Waals surface area contributed by atoms with Crippen LogP contribution in [0.25, 0.3) is 0 Å². The number of hydrogen-bond donors (Lipinski definition) is 2. The maximum atomic E-state index is 12.1. The summed E-state index contributed by atoms with van der Waals surface area (Å²) in [7, 11) is 0. The molecule has 1 aromatic carbocycles. The van der Waals surface area contributed by atoms with Crippen LogP contribution in [0.1, 0.15) is 37.0 Å². The first-order valence-electron chi connectivity index (χ1n) is 7.18. The molecule has 6 nitrogen and oxygen atoms in total. The van der Waals surface area contributed by atoms with Crippen molar-refractivity contribution in [2.45, 2.75) is 26.7 Å². The zero-order chi connectivity index (χ0) is 16.7. The molecule has 0 fully saturated rings. The normalized spacial score (nSPS) is 12.2. The largest absolute Gasteiger partial charge is 0.396 e. The number of aliphatic hydroxyl groups excluding tert-OH is 1. The second-order valence-corrected chi connectivity index (χ2v) is 6.05. The second kappa shape index (κ2) is 8.70. The summed E-state index contributed by atoms with van der Waals surface area (Å²) in [5.41, 5.74) is 0.0547. The highest BCUT2D eigenvalue weighted by Gasteiger charge is 2.17. The van der Waals surface area contributed by atoms with Crippen LogP contribution in [0.2, 0.25) is 5.02 Å². The van der Waals surface area contributed by atoms with Gasteiger partial charge in [-0.3, -0.25) is 14.9 Å². The van der Waals surface area contributed by atoms with Gasteiger partial charge < -0.3 is 10.4 Å². The van der Waals surface area contributed by atoms with Crippen molar-refractivity contribution in [2.75, 3.05) is 13.2 Å². The van der Waals surface area contributed by atoms with Crippen molar-refractivity contribution in [1.29, 1.82) is 0 Å². The molecule has 1 aromatic rings. The van der Waals surface area contributed by atoms with E-state index >= 15 is 0 Å². The van der Waals surface area contributed by atoms with E-state index < -0.39 is 4.92 Å². The summed E-state index contributed by atoms with van der Waals surface area (Å²) in [6.45, 7) is 4.70. The molecule has 0 aliphatic rings. The first kappa shape index (κ1) is 18.4. The van der Waals surface area contributed by atoms with Gasteiger partial charge in [0.2, 0.25) is 0 Å². The zero-order valence-electron chi connectivity index (χ0n) is 12.7. The highest BCUT2D eigenvalue weighted by molar-refractivity contribution is 6.33. The molecule has 0 saturated heterocycles. The van der Waals surface area contributed by atoms with Crippen LogP contribution in [0, 0.1) is 22.0 Å². The number of hydrogen-bond acceptors (Lipinski definition) is 4. The number of rotatable bonds is 8. The molecule has 1 atom stereocenters. The molecule has 1 amide bonds. The fourth-order valence-electron chi connectivity index (χ4n) is 2.29. The van der Waals surface area contributed by atoms with E-state index in [1.165, 1.54) is 18.2 Å². The lowest BCUT2D eigenvalue weighted by Crippen LogP contribution is -2.30. The number of halogens is 1. The number of nitro benzene ring substituents is 1. The van der Waals surface area contributed by atoms with E-state index in [9.17, 15) is 14.9 Å². The fourth-order valence-corrected chi connectivity index (χ4v) is 2.54. The number of carbonyl (C=O) groups excluding carboxylic acids is 1. The number of carbonyl (C=O) groups is 1. The predicted octanol–water partition coefficient (Wildman–Crippen LogP) is 3.02. The van der Waals surface area contributed by atoms with E-state index in [4.69, 9.17) is 16.7 Å². The summed E-state index contributed by atoms with van der Waals surface area (Å²) >= 11 is 5.80. The molecule has 0 spiro atoms. The molecular weight excluding hydrogens is 308 g/mol. The highest BCUT2D eigenvalue weighted by Crippen LogP contribution is 2.25. The lowest BCUT2D eigenvalue weighted by Gasteiger charge is -2.18. The Hall–Kier alpha value is -1.66. The topological polar surface area (TPSA) is 92.5 Å². The van der Waals surface area contributed by atoms with Crippen LogP contribution in [-0.4, -0.2) is 29.1 Å². The van der Waals surface area contributed by atoms with Crippen LogP contribution in [0.4, 0.5) is 5.69 Å². The molecule has 22 heavy (non-hydrogen) atoms. The third-order valence-electron chi connectivity index (χ3n) is 3.30. The van der Waals surface area contributed by atoms with E-state index in [2.05, 4.69) is 19.2 Å². The Bertz CT molecular complexity index is 534.